The number of amides is 4. The van der Waals surface area contributed by atoms with Crippen LogP contribution in [0.5, 0.6) is 5.75 Å². The van der Waals surface area contributed by atoms with Gasteiger partial charge in [-0.3, -0.25) is 19.2 Å². The highest BCUT2D eigenvalue weighted by Crippen LogP contribution is 2.10. The van der Waals surface area contributed by atoms with Crippen molar-refractivity contribution in [1.29, 1.82) is 0 Å². The van der Waals surface area contributed by atoms with Crippen molar-refractivity contribution in [1.82, 2.24) is 25.9 Å². The van der Waals surface area contributed by atoms with Crippen LogP contribution in [0.4, 0.5) is 0 Å². The molecule has 3 atom stereocenters. The molecule has 3 unspecified atom stereocenters. The highest BCUT2D eigenvalue weighted by atomic mass is 16.4. The summed E-state index contributed by atoms with van der Waals surface area (Å²) in [5.74, 6) is -4.60. The largest absolute Gasteiger partial charge is 0.508 e. The van der Waals surface area contributed by atoms with E-state index in [1.807, 2.05) is 0 Å². The van der Waals surface area contributed by atoms with Crippen molar-refractivity contribution in [2.24, 2.45) is 11.5 Å². The third-order valence-electron chi connectivity index (χ3n) is 4.80. The molecule has 0 radical (unpaired) electrons. The Balaban J connectivity index is 1.91. The second kappa shape index (κ2) is 12.7. The number of rotatable bonds is 13. The van der Waals surface area contributed by atoms with Crippen LogP contribution in [0.2, 0.25) is 0 Å². The molecule has 14 heteroatoms. The number of carboxylic acid groups (broad SMARTS) is 1. The van der Waals surface area contributed by atoms with Crippen molar-refractivity contribution in [3.05, 3.63) is 48.0 Å². The van der Waals surface area contributed by atoms with Gasteiger partial charge in [-0.2, -0.15) is 0 Å². The van der Waals surface area contributed by atoms with Crippen LogP contribution in [-0.2, 0) is 36.8 Å². The number of hydrogen-bond acceptors (Lipinski definition) is 8. The second-order valence-electron chi connectivity index (χ2n) is 7.67. The van der Waals surface area contributed by atoms with E-state index in [4.69, 9.17) is 11.5 Å². The number of aliphatic carboxylic acids is 1. The smallest absolute Gasteiger partial charge is 0.326 e. The van der Waals surface area contributed by atoms with Gasteiger partial charge >= 0.3 is 5.97 Å². The number of H-pyrrole nitrogens is 1. The maximum atomic E-state index is 12.6. The summed E-state index contributed by atoms with van der Waals surface area (Å²) >= 11 is 0. The van der Waals surface area contributed by atoms with E-state index in [2.05, 4.69) is 25.9 Å². The number of benzene rings is 1. The number of primary amides is 1. The molecular weight excluding hydrogens is 462 g/mol. The number of aromatic nitrogens is 2. The zero-order valence-corrected chi connectivity index (χ0v) is 18.6. The van der Waals surface area contributed by atoms with Crippen molar-refractivity contribution in [2.75, 3.05) is 6.54 Å². The van der Waals surface area contributed by atoms with Gasteiger partial charge in [-0.1, -0.05) is 12.1 Å². The fourth-order valence-corrected chi connectivity index (χ4v) is 3.02. The van der Waals surface area contributed by atoms with Crippen LogP contribution in [0, 0.1) is 0 Å². The Labute approximate surface area is 199 Å². The lowest BCUT2D eigenvalue weighted by molar-refractivity contribution is -0.142. The first-order chi connectivity index (χ1) is 16.5. The van der Waals surface area contributed by atoms with Crippen molar-refractivity contribution in [3.8, 4) is 5.75 Å². The van der Waals surface area contributed by atoms with Gasteiger partial charge in [0.05, 0.1) is 25.3 Å². The lowest BCUT2D eigenvalue weighted by atomic mass is 10.1. The Morgan fingerprint density at radius 1 is 1.00 bits per heavy atom. The number of imidazole rings is 1. The molecular formula is C21H27N7O7. The zero-order valence-electron chi connectivity index (χ0n) is 18.6. The van der Waals surface area contributed by atoms with Gasteiger partial charge in [0.15, 0.2) is 0 Å². The van der Waals surface area contributed by atoms with E-state index in [0.29, 0.717) is 11.3 Å². The molecule has 2 aromatic rings. The van der Waals surface area contributed by atoms with Crippen molar-refractivity contribution in [3.63, 3.8) is 0 Å². The molecule has 1 aromatic heterocycles. The summed E-state index contributed by atoms with van der Waals surface area (Å²) in [6.07, 6.45) is 2.17. The van der Waals surface area contributed by atoms with E-state index in [1.54, 1.807) is 12.1 Å². The SMILES string of the molecule is NC(=O)CC(NC(=O)CNC(=O)C(N)Cc1ccc(O)cc1)C(=O)NC(Cc1cnc[nH]1)C(=O)O. The molecule has 4 amide bonds. The number of phenolic OH excluding ortho intramolecular Hbond substituents is 1. The Bertz CT molecular complexity index is 1040. The van der Waals surface area contributed by atoms with Gasteiger partial charge in [0, 0.05) is 18.3 Å². The van der Waals surface area contributed by atoms with Crippen LogP contribution < -0.4 is 27.4 Å². The van der Waals surface area contributed by atoms with Gasteiger partial charge in [0.1, 0.15) is 17.8 Å². The summed E-state index contributed by atoms with van der Waals surface area (Å²) in [6.45, 7) is -0.554. The van der Waals surface area contributed by atoms with Crippen LogP contribution in [-0.4, -0.2) is 74.4 Å². The van der Waals surface area contributed by atoms with Crippen LogP contribution in [0.1, 0.15) is 17.7 Å². The monoisotopic (exact) mass is 489 g/mol. The normalized spacial score (nSPS) is 13.2. The van der Waals surface area contributed by atoms with Gasteiger partial charge in [0.25, 0.3) is 0 Å². The minimum Gasteiger partial charge on any atom is -0.508 e. The van der Waals surface area contributed by atoms with Gasteiger partial charge in [0.2, 0.25) is 23.6 Å². The number of nitrogens with one attached hydrogen (secondary N) is 4. The van der Waals surface area contributed by atoms with E-state index in [1.165, 1.54) is 24.7 Å². The fraction of sp³-hybridized carbons (Fsp3) is 0.333. The summed E-state index contributed by atoms with van der Waals surface area (Å²) in [5.41, 5.74) is 12.1. The predicted octanol–water partition coefficient (Wildman–Crippen LogP) is -2.73. The quantitative estimate of drug-likeness (QED) is 0.145. The molecule has 0 aliphatic rings. The minimum absolute atomic E-state index is 0.0639. The summed E-state index contributed by atoms with van der Waals surface area (Å²) in [5, 5.41) is 25.5. The fourth-order valence-electron chi connectivity index (χ4n) is 3.02. The molecule has 0 aliphatic carbocycles. The molecule has 0 saturated heterocycles. The van der Waals surface area contributed by atoms with Crippen molar-refractivity contribution in [2.45, 2.75) is 37.4 Å². The topological polar surface area (TPSA) is 243 Å². The summed E-state index contributed by atoms with van der Waals surface area (Å²) < 4.78 is 0. The number of carbonyl (C=O) groups is 5. The predicted molar refractivity (Wildman–Crippen MR) is 120 cm³/mol. The number of phenols is 1. The Morgan fingerprint density at radius 2 is 1.69 bits per heavy atom. The van der Waals surface area contributed by atoms with Gasteiger partial charge in [-0.25, -0.2) is 9.78 Å². The number of aromatic hydroxyl groups is 1. The third kappa shape index (κ3) is 9.13. The van der Waals surface area contributed by atoms with E-state index >= 15 is 0 Å². The molecule has 1 heterocycles. The number of nitrogens with zero attached hydrogens (tertiary/aromatic N) is 1. The summed E-state index contributed by atoms with van der Waals surface area (Å²) in [6, 6.07) is 2.26. The third-order valence-corrected chi connectivity index (χ3v) is 4.80. The van der Waals surface area contributed by atoms with Crippen LogP contribution in [0.15, 0.2) is 36.8 Å². The number of carboxylic acids is 1. The molecule has 35 heavy (non-hydrogen) atoms. The van der Waals surface area contributed by atoms with Gasteiger partial charge in [-0.05, 0) is 24.1 Å². The molecule has 188 valence electrons. The maximum Gasteiger partial charge on any atom is 0.326 e. The maximum absolute atomic E-state index is 12.6. The lowest BCUT2D eigenvalue weighted by Crippen LogP contribution is -2.55. The first-order valence-electron chi connectivity index (χ1n) is 10.4. The molecule has 2 rings (SSSR count). The molecule has 14 nitrogen and oxygen atoms in total. The van der Waals surface area contributed by atoms with Crippen LogP contribution in [0.3, 0.4) is 0 Å². The number of nitrogens with two attached hydrogens (primary N) is 2. The van der Waals surface area contributed by atoms with E-state index in [9.17, 15) is 34.2 Å². The molecule has 0 saturated carbocycles. The minimum atomic E-state index is -1.47. The second-order valence-corrected chi connectivity index (χ2v) is 7.67. The highest BCUT2D eigenvalue weighted by molar-refractivity contribution is 5.95. The van der Waals surface area contributed by atoms with Crippen molar-refractivity contribution < 1.29 is 34.2 Å². The Hall–Kier alpha value is -4.46. The number of hydrogen-bond donors (Lipinski definition) is 8. The number of carbonyl (C=O) groups excluding carboxylic acids is 4. The van der Waals surface area contributed by atoms with Gasteiger partial charge < -0.3 is 42.6 Å². The zero-order chi connectivity index (χ0) is 26.0. The molecule has 0 fully saturated rings. The van der Waals surface area contributed by atoms with E-state index in [0.717, 1.165) is 0 Å². The molecule has 0 spiro atoms. The summed E-state index contributed by atoms with van der Waals surface area (Å²) in [4.78, 5) is 66.4. The Kier molecular flexibility index (Phi) is 9.71. The van der Waals surface area contributed by atoms with E-state index < -0.39 is 60.7 Å². The lowest BCUT2D eigenvalue weighted by Gasteiger charge is -2.21. The first kappa shape index (κ1) is 26.8. The summed E-state index contributed by atoms with van der Waals surface area (Å²) in [7, 11) is 0. The Morgan fingerprint density at radius 3 is 2.26 bits per heavy atom. The standard InChI is InChI=1S/C21H27N7O7/c22-14(5-11-1-3-13(29)4-2-11)19(32)25-9-18(31)27-15(7-17(23)30)20(33)28-16(21(34)35)6-12-8-24-10-26-12/h1-4,8,10,14-16,29H,5-7,9,22H2,(H2,23,30)(H,24,26)(H,25,32)(H,27,31)(H,28,33)(H,34,35). The average molecular weight is 489 g/mol. The highest BCUT2D eigenvalue weighted by Gasteiger charge is 2.28. The van der Waals surface area contributed by atoms with E-state index in [-0.39, 0.29) is 18.6 Å². The van der Waals surface area contributed by atoms with Crippen LogP contribution in [0.25, 0.3) is 0 Å². The van der Waals surface area contributed by atoms with Crippen LogP contribution >= 0.6 is 0 Å². The molecule has 0 aliphatic heterocycles. The van der Waals surface area contributed by atoms with Gasteiger partial charge in [-0.15, -0.1) is 0 Å². The average Bonchev–Trinajstić information content (AvgIpc) is 3.30. The molecule has 0 bridgehead atoms. The van der Waals surface area contributed by atoms with Crippen molar-refractivity contribution >= 4 is 29.6 Å². The number of aromatic amines is 1. The first-order valence-corrected chi connectivity index (χ1v) is 10.4. The molecule has 1 aromatic carbocycles. The molecule has 10 N–H and O–H groups in total.